The molecule has 1 aliphatic heterocycles. The molecule has 43 heavy (non-hydrogen) atoms. The molecule has 0 saturated heterocycles. The number of thiophene rings is 3. The first-order valence-corrected chi connectivity index (χ1v) is 20.5. The summed E-state index contributed by atoms with van der Waals surface area (Å²) >= 11 is 8.56. The van der Waals surface area contributed by atoms with Crippen molar-refractivity contribution in [3.8, 4) is 9.75 Å². The molecule has 0 spiro atoms. The molecule has 238 valence electrons. The fourth-order valence-electron chi connectivity index (χ4n) is 6.41. The van der Waals surface area contributed by atoms with Gasteiger partial charge in [-0.25, -0.2) is 0 Å². The zero-order valence-corrected chi connectivity index (χ0v) is 30.6. The molecule has 1 atom stereocenters. The Bertz CT molecular complexity index is 1270. The first kappa shape index (κ1) is 34.8. The summed E-state index contributed by atoms with van der Waals surface area (Å²) in [6, 6.07) is 6.44. The lowest BCUT2D eigenvalue weighted by Gasteiger charge is -2.24. The number of carbonyl (C=O) groups excluding carboxylic acids is 2. The molecule has 1 aliphatic rings. The third kappa shape index (κ3) is 10.2. The van der Waals surface area contributed by atoms with Gasteiger partial charge in [0.15, 0.2) is 0 Å². The second-order valence-corrected chi connectivity index (χ2v) is 17.1. The molecule has 1 amide bonds. The van der Waals surface area contributed by atoms with E-state index in [-0.39, 0.29) is 11.7 Å². The highest BCUT2D eigenvalue weighted by molar-refractivity contribution is 9.11. The van der Waals surface area contributed by atoms with Gasteiger partial charge in [0.2, 0.25) is 0 Å². The molecule has 0 bridgehead atoms. The number of amides is 1. The molecule has 0 fully saturated rings. The Morgan fingerprint density at radius 2 is 1.21 bits per heavy atom. The van der Waals surface area contributed by atoms with Crippen molar-refractivity contribution in [2.75, 3.05) is 11.4 Å². The highest BCUT2D eigenvalue weighted by Crippen LogP contribution is 2.50. The van der Waals surface area contributed by atoms with E-state index in [1.165, 1.54) is 137 Å². The zero-order valence-electron chi connectivity index (χ0n) is 26.5. The smallest absolute Gasteiger partial charge is 0.300 e. The molecule has 3 aromatic heterocycles. The average Bonchev–Trinajstić information content (AvgIpc) is 3.75. The molecule has 0 aliphatic carbocycles. The quantitative estimate of drug-likeness (QED) is 0.0727. The second kappa shape index (κ2) is 18.8. The number of halogens is 1. The van der Waals surface area contributed by atoms with Crippen LogP contribution in [0.2, 0.25) is 0 Å². The minimum absolute atomic E-state index is 0.298. The number of hydrogen-bond donors (Lipinski definition) is 0. The van der Waals surface area contributed by atoms with Crippen molar-refractivity contribution in [1.82, 2.24) is 0 Å². The molecule has 7 heteroatoms. The summed E-state index contributed by atoms with van der Waals surface area (Å²) in [7, 11) is 0. The average molecular weight is 707 g/mol. The molecule has 0 N–H and O–H groups in total. The molecule has 1 unspecified atom stereocenters. The number of hydrogen-bond acceptors (Lipinski definition) is 5. The Labute approximate surface area is 281 Å². The van der Waals surface area contributed by atoms with Gasteiger partial charge < -0.3 is 4.90 Å². The van der Waals surface area contributed by atoms with Crippen LogP contribution in [-0.4, -0.2) is 18.2 Å². The van der Waals surface area contributed by atoms with E-state index in [0.29, 0.717) is 17.3 Å². The van der Waals surface area contributed by atoms with Crippen LogP contribution < -0.4 is 4.90 Å². The maximum Gasteiger partial charge on any atom is 0.300 e. The van der Waals surface area contributed by atoms with Gasteiger partial charge in [0.25, 0.3) is 11.7 Å². The predicted octanol–water partition coefficient (Wildman–Crippen LogP) is 13.4. The normalized spacial score (nSPS) is 14.0. The highest BCUT2D eigenvalue weighted by Gasteiger charge is 2.41. The molecule has 3 aromatic rings. The summed E-state index contributed by atoms with van der Waals surface area (Å²) in [5.41, 5.74) is 0.908. The molecule has 0 radical (unpaired) electrons. The van der Waals surface area contributed by atoms with Gasteiger partial charge >= 0.3 is 0 Å². The molecular formula is C36H52BrNO2S3. The van der Waals surface area contributed by atoms with Gasteiger partial charge in [-0.3, -0.25) is 9.59 Å². The van der Waals surface area contributed by atoms with E-state index in [4.69, 9.17) is 0 Å². The van der Waals surface area contributed by atoms with E-state index in [1.54, 1.807) is 22.7 Å². The maximum absolute atomic E-state index is 13.3. The van der Waals surface area contributed by atoms with E-state index < -0.39 is 0 Å². The lowest BCUT2D eigenvalue weighted by Crippen LogP contribution is -2.34. The number of nitrogens with zero attached hydrogens (tertiary/aromatic N) is 1. The third-order valence-electron chi connectivity index (χ3n) is 8.94. The minimum Gasteiger partial charge on any atom is -0.302 e. The van der Waals surface area contributed by atoms with Crippen LogP contribution in [0, 0.1) is 5.92 Å². The molecule has 4 heterocycles. The summed E-state index contributed by atoms with van der Waals surface area (Å²) in [6.07, 6.45) is 26.3. The molecule has 3 nitrogen and oxygen atoms in total. The van der Waals surface area contributed by atoms with Crippen molar-refractivity contribution in [2.45, 2.75) is 142 Å². The zero-order chi connectivity index (χ0) is 30.4. The van der Waals surface area contributed by atoms with Crippen molar-refractivity contribution < 1.29 is 9.59 Å². The maximum atomic E-state index is 13.3. The van der Waals surface area contributed by atoms with Crippen LogP contribution in [0.15, 0.2) is 22.0 Å². The van der Waals surface area contributed by atoms with Gasteiger partial charge in [-0.1, -0.05) is 129 Å². The summed E-state index contributed by atoms with van der Waals surface area (Å²) in [5, 5.41) is 0. The van der Waals surface area contributed by atoms with E-state index in [1.807, 2.05) is 4.90 Å². The first-order chi connectivity index (χ1) is 21.0. The SMILES string of the molecule is CCCCCCCCCCCCC(CCCCCCCCCC)CN1C(=O)C(=O)c2sc3cc(-c4ccc(Br)s4)sc3c21. The first-order valence-electron chi connectivity index (χ1n) is 17.2. The Hall–Kier alpha value is -1.02. The Kier molecular flexibility index (Phi) is 15.3. The largest absolute Gasteiger partial charge is 0.302 e. The standard InChI is InChI=1S/C36H52BrNO2S3/c1-3-5-7-9-11-13-14-16-18-20-22-27(21-19-17-15-12-10-8-6-4-2)26-38-32-34-30(43-35(32)33(39)36(38)40)25-29(42-34)28-23-24-31(37)41-28/h23-25,27H,3-22,26H2,1-2H3. The lowest BCUT2D eigenvalue weighted by molar-refractivity contribution is -0.114. The Morgan fingerprint density at radius 3 is 1.72 bits per heavy atom. The number of unbranched alkanes of at least 4 members (excludes halogenated alkanes) is 16. The van der Waals surface area contributed by atoms with Crippen LogP contribution in [-0.2, 0) is 4.79 Å². The van der Waals surface area contributed by atoms with Gasteiger partial charge in [0.1, 0.15) is 4.88 Å². The van der Waals surface area contributed by atoms with Crippen LogP contribution in [0.1, 0.15) is 152 Å². The fourth-order valence-corrected chi connectivity index (χ4v) is 10.5. The van der Waals surface area contributed by atoms with E-state index in [2.05, 4.69) is 48.0 Å². The van der Waals surface area contributed by atoms with Crippen molar-refractivity contribution in [1.29, 1.82) is 0 Å². The number of anilines is 1. The monoisotopic (exact) mass is 705 g/mol. The number of carbonyl (C=O) groups is 2. The van der Waals surface area contributed by atoms with E-state index >= 15 is 0 Å². The van der Waals surface area contributed by atoms with Crippen LogP contribution in [0.5, 0.6) is 0 Å². The van der Waals surface area contributed by atoms with Crippen molar-refractivity contribution in [2.24, 2.45) is 5.92 Å². The van der Waals surface area contributed by atoms with Crippen LogP contribution in [0.3, 0.4) is 0 Å². The van der Waals surface area contributed by atoms with Gasteiger partial charge in [-0.05, 0) is 52.9 Å². The second-order valence-electron chi connectivity index (χ2n) is 12.5. The van der Waals surface area contributed by atoms with Crippen molar-refractivity contribution in [3.63, 3.8) is 0 Å². The highest BCUT2D eigenvalue weighted by atomic mass is 79.9. The van der Waals surface area contributed by atoms with Crippen molar-refractivity contribution >= 4 is 76.7 Å². The lowest BCUT2D eigenvalue weighted by atomic mass is 9.93. The number of fused-ring (bicyclic) bond motifs is 3. The van der Waals surface area contributed by atoms with Crippen LogP contribution in [0.4, 0.5) is 5.69 Å². The number of rotatable bonds is 23. The van der Waals surface area contributed by atoms with Crippen LogP contribution >= 0.6 is 49.9 Å². The molecule has 4 rings (SSSR count). The predicted molar refractivity (Wildman–Crippen MR) is 195 cm³/mol. The number of Topliss-reactive ketones (excluding diaryl/α,β-unsaturated/α-hetero) is 1. The fraction of sp³-hybridized carbons (Fsp3) is 0.667. The molecule has 0 saturated carbocycles. The summed E-state index contributed by atoms with van der Waals surface area (Å²) in [4.78, 5) is 31.4. The van der Waals surface area contributed by atoms with Gasteiger partial charge in [-0.15, -0.1) is 34.0 Å². The van der Waals surface area contributed by atoms with Gasteiger partial charge in [0, 0.05) is 21.0 Å². The molecule has 0 aromatic carbocycles. The van der Waals surface area contributed by atoms with E-state index in [0.717, 1.165) is 31.7 Å². The van der Waals surface area contributed by atoms with Crippen molar-refractivity contribution in [3.05, 3.63) is 26.9 Å². The minimum atomic E-state index is -0.305. The Morgan fingerprint density at radius 1 is 0.674 bits per heavy atom. The number of ketones is 1. The molecular weight excluding hydrogens is 655 g/mol. The topological polar surface area (TPSA) is 37.4 Å². The van der Waals surface area contributed by atoms with E-state index in [9.17, 15) is 9.59 Å². The summed E-state index contributed by atoms with van der Waals surface area (Å²) in [5.74, 6) is -0.144. The third-order valence-corrected chi connectivity index (χ3v) is 13.2. The Balaban J connectivity index is 1.35. The summed E-state index contributed by atoms with van der Waals surface area (Å²) in [6.45, 7) is 5.25. The van der Waals surface area contributed by atoms with Crippen LogP contribution in [0.25, 0.3) is 19.2 Å². The summed E-state index contributed by atoms with van der Waals surface area (Å²) < 4.78 is 3.37. The van der Waals surface area contributed by atoms with Gasteiger partial charge in [0.05, 0.1) is 14.2 Å². The van der Waals surface area contributed by atoms with Gasteiger partial charge in [-0.2, -0.15) is 0 Å².